The molecule has 0 aliphatic heterocycles. The molecule has 0 radical (unpaired) electrons. The Morgan fingerprint density at radius 3 is 3.18 bits per heavy atom. The highest BCUT2D eigenvalue weighted by molar-refractivity contribution is 5.81. The molecular weight excluding hydrogens is 217 g/mol. The van der Waals surface area contributed by atoms with Gasteiger partial charge < -0.3 is 4.98 Å². The molecule has 0 bridgehead atoms. The summed E-state index contributed by atoms with van der Waals surface area (Å²) < 4.78 is 13.8. The maximum Gasteiger partial charge on any atom is 0.141 e. The average molecular weight is 229 g/mol. The molecule has 2 aromatic heterocycles. The third kappa shape index (κ3) is 1.78. The molecule has 3 nitrogen and oxygen atoms in total. The van der Waals surface area contributed by atoms with E-state index in [2.05, 4.69) is 15.0 Å². The van der Waals surface area contributed by atoms with E-state index in [1.54, 1.807) is 30.6 Å². The third-order valence-corrected chi connectivity index (χ3v) is 2.64. The van der Waals surface area contributed by atoms with Crippen LogP contribution in [0.3, 0.4) is 0 Å². The Morgan fingerprint density at radius 1 is 1.35 bits per heavy atom. The lowest BCUT2D eigenvalue weighted by Crippen LogP contribution is -1.87. The van der Waals surface area contributed by atoms with Crippen molar-refractivity contribution in [3.05, 3.63) is 54.4 Å². The number of hydrogen-bond donors (Lipinski definition) is 1. The zero-order valence-corrected chi connectivity index (χ0v) is 9.02. The van der Waals surface area contributed by atoms with Gasteiger partial charge in [0.05, 0.1) is 17.2 Å². The van der Waals surface area contributed by atoms with Gasteiger partial charge in [-0.2, -0.15) is 0 Å². The number of nitrogens with one attached hydrogen (secondary N) is 1. The van der Waals surface area contributed by atoms with Crippen LogP contribution in [0.25, 0.3) is 16.6 Å². The van der Waals surface area contributed by atoms with E-state index in [1.807, 2.05) is 12.2 Å². The van der Waals surface area contributed by atoms with Crippen LogP contribution in [0, 0.1) is 0 Å². The molecule has 0 saturated heterocycles. The first-order chi connectivity index (χ1) is 8.34. The van der Waals surface area contributed by atoms with Crippen molar-refractivity contribution in [1.82, 2.24) is 15.0 Å². The fourth-order valence-corrected chi connectivity index (χ4v) is 1.79. The molecule has 1 aliphatic rings. The second kappa shape index (κ2) is 3.97. The fraction of sp³-hybridized carbons (Fsp3) is 0.0769. The first-order valence-electron chi connectivity index (χ1n) is 5.36. The number of H-pyrrole nitrogens is 1. The number of aromatic amines is 1. The summed E-state index contributed by atoms with van der Waals surface area (Å²) in [5.41, 5.74) is 2.11. The van der Waals surface area contributed by atoms with E-state index < -0.39 is 0 Å². The number of halogens is 1. The molecule has 17 heavy (non-hydrogen) atoms. The van der Waals surface area contributed by atoms with Crippen LogP contribution in [0.5, 0.6) is 0 Å². The molecule has 0 atom stereocenters. The maximum atomic E-state index is 13.8. The minimum Gasteiger partial charge on any atom is -0.337 e. The van der Waals surface area contributed by atoms with Crippen molar-refractivity contribution in [2.24, 2.45) is 0 Å². The minimum atomic E-state index is -0.179. The van der Waals surface area contributed by atoms with Gasteiger partial charge in [-0.3, -0.25) is 4.98 Å². The van der Waals surface area contributed by atoms with Crippen molar-refractivity contribution in [2.45, 2.75) is 6.42 Å². The molecule has 1 aliphatic carbocycles. The number of imidazole rings is 1. The third-order valence-electron chi connectivity index (χ3n) is 2.64. The Morgan fingerprint density at radius 2 is 2.29 bits per heavy atom. The number of fused-ring (bicyclic) bond motifs is 1. The Labute approximate surface area is 98.9 Å². The SMILES string of the molecule is FC1=C(c2nc3ccncc3[nH]2)C=CC=CC1.[HH]. The highest BCUT2D eigenvalue weighted by atomic mass is 19.1. The largest absolute Gasteiger partial charge is 0.337 e. The molecule has 2 heterocycles. The Balaban J connectivity index is 0.00000120. The van der Waals surface area contributed by atoms with Crippen LogP contribution in [-0.4, -0.2) is 15.0 Å². The number of allylic oxidation sites excluding steroid dienone is 6. The summed E-state index contributed by atoms with van der Waals surface area (Å²) in [6, 6.07) is 1.80. The Kier molecular flexibility index (Phi) is 2.33. The Hall–Kier alpha value is -2.23. The molecule has 0 saturated carbocycles. The number of nitrogens with zero attached hydrogens (tertiary/aromatic N) is 2. The normalized spacial score (nSPS) is 15.6. The quantitative estimate of drug-likeness (QED) is 0.814. The van der Waals surface area contributed by atoms with Gasteiger partial charge in [-0.05, 0) is 12.1 Å². The van der Waals surface area contributed by atoms with Crippen molar-refractivity contribution in [2.75, 3.05) is 0 Å². The molecule has 4 heteroatoms. The van der Waals surface area contributed by atoms with E-state index in [4.69, 9.17) is 0 Å². The molecule has 0 aromatic carbocycles. The number of pyridine rings is 1. The van der Waals surface area contributed by atoms with Crippen LogP contribution in [0.15, 0.2) is 48.6 Å². The average Bonchev–Trinajstić information content (AvgIpc) is 2.65. The van der Waals surface area contributed by atoms with Crippen LogP contribution in [0.1, 0.15) is 13.7 Å². The lowest BCUT2D eigenvalue weighted by molar-refractivity contribution is 0.622. The van der Waals surface area contributed by atoms with Crippen LogP contribution >= 0.6 is 0 Å². The Bertz CT molecular complexity index is 622. The van der Waals surface area contributed by atoms with E-state index in [0.717, 1.165) is 11.0 Å². The summed E-state index contributed by atoms with van der Waals surface area (Å²) in [4.78, 5) is 11.4. The van der Waals surface area contributed by atoms with E-state index in [9.17, 15) is 4.39 Å². The van der Waals surface area contributed by atoms with Gasteiger partial charge in [0, 0.05) is 19.6 Å². The van der Waals surface area contributed by atoms with Gasteiger partial charge in [0.25, 0.3) is 0 Å². The fourth-order valence-electron chi connectivity index (χ4n) is 1.79. The monoisotopic (exact) mass is 229 g/mol. The van der Waals surface area contributed by atoms with Crippen LogP contribution < -0.4 is 0 Å². The topological polar surface area (TPSA) is 41.6 Å². The van der Waals surface area contributed by atoms with Gasteiger partial charge in [0.15, 0.2) is 0 Å². The highest BCUT2D eigenvalue weighted by Crippen LogP contribution is 2.25. The second-order valence-corrected chi connectivity index (χ2v) is 3.79. The van der Waals surface area contributed by atoms with Crippen molar-refractivity contribution >= 4 is 16.6 Å². The van der Waals surface area contributed by atoms with E-state index in [0.29, 0.717) is 17.8 Å². The van der Waals surface area contributed by atoms with Crippen LogP contribution in [0.4, 0.5) is 4.39 Å². The standard InChI is InChI=1S/C13H10FN3.H2/c14-10-5-3-1-2-4-9(10)13-16-11-6-7-15-8-12(11)17-13;/h1-4,6-8H,5H2,(H,16,17);1H. The number of aromatic nitrogens is 3. The summed E-state index contributed by atoms with van der Waals surface area (Å²) in [5.74, 6) is 0.368. The van der Waals surface area contributed by atoms with Crippen LogP contribution in [-0.2, 0) is 0 Å². The van der Waals surface area contributed by atoms with Crippen molar-refractivity contribution < 1.29 is 5.82 Å². The lowest BCUT2D eigenvalue weighted by Gasteiger charge is -1.98. The summed E-state index contributed by atoms with van der Waals surface area (Å²) in [6.07, 6.45) is 10.8. The van der Waals surface area contributed by atoms with Gasteiger partial charge in [-0.15, -0.1) is 0 Å². The van der Waals surface area contributed by atoms with Gasteiger partial charge in [0.2, 0.25) is 0 Å². The zero-order valence-electron chi connectivity index (χ0n) is 9.02. The predicted octanol–water partition coefficient (Wildman–Crippen LogP) is 3.40. The van der Waals surface area contributed by atoms with Crippen LogP contribution in [0.2, 0.25) is 0 Å². The molecule has 86 valence electrons. The smallest absolute Gasteiger partial charge is 0.141 e. The minimum absolute atomic E-state index is 0. The van der Waals surface area contributed by atoms with Crippen molar-refractivity contribution in [3.8, 4) is 0 Å². The first-order valence-corrected chi connectivity index (χ1v) is 5.36. The van der Waals surface area contributed by atoms with Gasteiger partial charge >= 0.3 is 0 Å². The number of hydrogen-bond acceptors (Lipinski definition) is 2. The molecule has 0 amide bonds. The number of rotatable bonds is 1. The van der Waals surface area contributed by atoms with E-state index in [-0.39, 0.29) is 7.25 Å². The van der Waals surface area contributed by atoms with E-state index in [1.165, 1.54) is 0 Å². The van der Waals surface area contributed by atoms with Gasteiger partial charge in [0.1, 0.15) is 11.7 Å². The van der Waals surface area contributed by atoms with Crippen molar-refractivity contribution in [1.29, 1.82) is 0 Å². The molecule has 0 unspecified atom stereocenters. The molecular formula is C13H12FN3. The van der Waals surface area contributed by atoms with Crippen molar-refractivity contribution in [3.63, 3.8) is 0 Å². The summed E-state index contributed by atoms with van der Waals surface area (Å²) in [7, 11) is 0. The maximum absolute atomic E-state index is 13.8. The first kappa shape index (κ1) is 9.96. The lowest BCUT2D eigenvalue weighted by atomic mass is 10.2. The van der Waals surface area contributed by atoms with Gasteiger partial charge in [-0.25, -0.2) is 9.37 Å². The summed E-state index contributed by atoms with van der Waals surface area (Å²) in [5, 5.41) is 0. The molecule has 0 spiro atoms. The van der Waals surface area contributed by atoms with E-state index >= 15 is 0 Å². The van der Waals surface area contributed by atoms with Gasteiger partial charge in [-0.1, -0.05) is 18.2 Å². The molecule has 1 N–H and O–H groups in total. The zero-order chi connectivity index (χ0) is 11.7. The summed E-state index contributed by atoms with van der Waals surface area (Å²) in [6.45, 7) is 0. The predicted molar refractivity (Wildman–Crippen MR) is 66.9 cm³/mol. The summed E-state index contributed by atoms with van der Waals surface area (Å²) >= 11 is 0. The molecule has 0 fully saturated rings. The molecule has 2 aromatic rings. The highest BCUT2D eigenvalue weighted by Gasteiger charge is 2.11. The molecule has 3 rings (SSSR count). The second-order valence-electron chi connectivity index (χ2n) is 3.79.